The number of hydrogen-bond donors (Lipinski definition) is 2. The van der Waals surface area contributed by atoms with Crippen molar-refractivity contribution in [3.8, 4) is 0 Å². The molecule has 1 aromatic rings. The molecule has 2 N–H and O–H groups in total. The number of carbonyl (C=O) groups is 1. The van der Waals surface area contributed by atoms with Crippen LogP contribution in [-0.2, 0) is 17.3 Å². The summed E-state index contributed by atoms with van der Waals surface area (Å²) < 4.78 is 1.32. The Morgan fingerprint density at radius 1 is 1.53 bits per heavy atom. The van der Waals surface area contributed by atoms with Gasteiger partial charge in [-0.3, -0.25) is 19.4 Å². The van der Waals surface area contributed by atoms with Crippen molar-refractivity contribution in [1.82, 2.24) is 9.78 Å². The Morgan fingerprint density at radius 2 is 2.13 bits per heavy atom. The van der Waals surface area contributed by atoms with Gasteiger partial charge in [-0.2, -0.15) is 0 Å². The molecule has 0 aliphatic heterocycles. The Balaban J connectivity index is 2.50. The summed E-state index contributed by atoms with van der Waals surface area (Å²) >= 11 is 0. The summed E-state index contributed by atoms with van der Waals surface area (Å²) in [7, 11) is 1.59. The molecule has 2 rings (SSSR count). The van der Waals surface area contributed by atoms with E-state index in [4.69, 9.17) is 0 Å². The van der Waals surface area contributed by atoms with Gasteiger partial charge in [0.15, 0.2) is 0 Å². The van der Waals surface area contributed by atoms with Gasteiger partial charge in [0.05, 0.1) is 5.69 Å². The molecule has 0 amide bonds. The zero-order valence-corrected chi connectivity index (χ0v) is 8.62. The van der Waals surface area contributed by atoms with Crippen molar-refractivity contribution in [1.29, 1.82) is 0 Å². The Bertz CT molecular complexity index is 438. The number of rotatable bonds is 2. The van der Waals surface area contributed by atoms with E-state index in [0.29, 0.717) is 18.5 Å². The van der Waals surface area contributed by atoms with Crippen LogP contribution in [0.3, 0.4) is 0 Å². The van der Waals surface area contributed by atoms with Crippen molar-refractivity contribution in [3.05, 3.63) is 22.1 Å². The third kappa shape index (κ3) is 1.38. The first-order valence-corrected chi connectivity index (χ1v) is 5.06. The van der Waals surface area contributed by atoms with E-state index < -0.39 is 11.4 Å². The molecule has 0 unspecified atom stereocenters. The van der Waals surface area contributed by atoms with Gasteiger partial charge < -0.3 is 5.11 Å². The SMILES string of the molecule is Cn1[nH]c(C2(C(=O)O)CCCC2)cc1=O. The Morgan fingerprint density at radius 3 is 2.53 bits per heavy atom. The van der Waals surface area contributed by atoms with Gasteiger partial charge >= 0.3 is 5.97 Å². The van der Waals surface area contributed by atoms with Gasteiger partial charge in [-0.1, -0.05) is 12.8 Å². The van der Waals surface area contributed by atoms with E-state index in [2.05, 4.69) is 5.10 Å². The van der Waals surface area contributed by atoms with Gasteiger partial charge in [-0.25, -0.2) is 0 Å². The highest BCUT2D eigenvalue weighted by Crippen LogP contribution is 2.39. The van der Waals surface area contributed by atoms with Gasteiger partial charge in [0.2, 0.25) is 0 Å². The van der Waals surface area contributed by atoms with E-state index in [-0.39, 0.29) is 5.56 Å². The fourth-order valence-corrected chi connectivity index (χ4v) is 2.31. The van der Waals surface area contributed by atoms with Crippen LogP contribution in [0.4, 0.5) is 0 Å². The van der Waals surface area contributed by atoms with Gasteiger partial charge in [0.1, 0.15) is 5.41 Å². The van der Waals surface area contributed by atoms with Gasteiger partial charge in [0.25, 0.3) is 5.56 Å². The van der Waals surface area contributed by atoms with E-state index in [1.165, 1.54) is 10.7 Å². The smallest absolute Gasteiger partial charge is 0.315 e. The summed E-state index contributed by atoms with van der Waals surface area (Å²) in [6, 6.07) is 1.40. The van der Waals surface area contributed by atoms with Crippen molar-refractivity contribution in [2.24, 2.45) is 7.05 Å². The average Bonchev–Trinajstić information content (AvgIpc) is 2.75. The molecule has 1 aromatic heterocycles. The quantitative estimate of drug-likeness (QED) is 0.751. The number of aliphatic carboxylic acids is 1. The fourth-order valence-electron chi connectivity index (χ4n) is 2.31. The van der Waals surface area contributed by atoms with Crippen molar-refractivity contribution in [2.75, 3.05) is 0 Å². The van der Waals surface area contributed by atoms with Crippen molar-refractivity contribution < 1.29 is 9.90 Å². The van der Waals surface area contributed by atoms with Crippen LogP contribution < -0.4 is 5.56 Å². The van der Waals surface area contributed by atoms with E-state index in [9.17, 15) is 14.7 Å². The predicted octanol–water partition coefficient (Wildman–Crippen LogP) is 0.610. The molecule has 1 aliphatic carbocycles. The second-order valence-electron chi connectivity index (χ2n) is 4.16. The predicted molar refractivity (Wildman–Crippen MR) is 53.8 cm³/mol. The molecule has 5 heteroatoms. The van der Waals surface area contributed by atoms with Crippen LogP contribution in [-0.4, -0.2) is 20.9 Å². The topological polar surface area (TPSA) is 75.1 Å². The summed E-state index contributed by atoms with van der Waals surface area (Å²) in [5, 5.41) is 12.1. The molecule has 0 atom stereocenters. The largest absolute Gasteiger partial charge is 0.481 e. The number of H-pyrrole nitrogens is 1. The second kappa shape index (κ2) is 3.25. The Labute approximate surface area is 86.7 Å². The molecule has 1 aliphatic rings. The molecule has 15 heavy (non-hydrogen) atoms. The first-order chi connectivity index (χ1) is 7.06. The van der Waals surface area contributed by atoms with Crippen LogP contribution in [0.25, 0.3) is 0 Å². The lowest BCUT2D eigenvalue weighted by Crippen LogP contribution is -2.33. The lowest BCUT2D eigenvalue weighted by molar-refractivity contribution is -0.143. The van der Waals surface area contributed by atoms with Crippen molar-refractivity contribution in [3.63, 3.8) is 0 Å². The summed E-state index contributed by atoms with van der Waals surface area (Å²) in [5.41, 5.74) is -0.502. The lowest BCUT2D eigenvalue weighted by Gasteiger charge is -2.21. The van der Waals surface area contributed by atoms with E-state index in [1.54, 1.807) is 7.05 Å². The fraction of sp³-hybridized carbons (Fsp3) is 0.600. The molecule has 5 nitrogen and oxygen atoms in total. The third-order valence-electron chi connectivity index (χ3n) is 3.27. The highest BCUT2D eigenvalue weighted by Gasteiger charge is 2.44. The monoisotopic (exact) mass is 210 g/mol. The van der Waals surface area contributed by atoms with Crippen LogP contribution in [0.2, 0.25) is 0 Å². The lowest BCUT2D eigenvalue weighted by atomic mass is 9.83. The molecule has 0 saturated heterocycles. The van der Waals surface area contributed by atoms with Crippen molar-refractivity contribution in [2.45, 2.75) is 31.1 Å². The Kier molecular flexibility index (Phi) is 2.17. The minimum absolute atomic E-state index is 0.183. The van der Waals surface area contributed by atoms with Gasteiger partial charge in [-0.05, 0) is 12.8 Å². The zero-order valence-electron chi connectivity index (χ0n) is 8.62. The maximum atomic E-state index is 11.3. The number of nitrogens with zero attached hydrogens (tertiary/aromatic N) is 1. The van der Waals surface area contributed by atoms with E-state index in [0.717, 1.165) is 12.8 Å². The number of carboxylic acids is 1. The number of aromatic nitrogens is 2. The van der Waals surface area contributed by atoms with Crippen LogP contribution in [0, 0.1) is 0 Å². The van der Waals surface area contributed by atoms with Crippen LogP contribution in [0.15, 0.2) is 10.9 Å². The van der Waals surface area contributed by atoms with Crippen LogP contribution >= 0.6 is 0 Å². The highest BCUT2D eigenvalue weighted by molar-refractivity contribution is 5.81. The summed E-state index contributed by atoms with van der Waals surface area (Å²) in [6.45, 7) is 0. The number of aryl methyl sites for hydroxylation is 1. The van der Waals surface area contributed by atoms with Gasteiger partial charge in [-0.15, -0.1) is 0 Å². The first kappa shape index (κ1) is 10.0. The molecule has 1 saturated carbocycles. The number of hydrogen-bond acceptors (Lipinski definition) is 2. The van der Waals surface area contributed by atoms with Gasteiger partial charge in [0, 0.05) is 13.1 Å². The summed E-state index contributed by atoms with van der Waals surface area (Å²) in [5.74, 6) is -0.832. The Hall–Kier alpha value is -1.52. The number of carboxylic acid groups (broad SMARTS) is 1. The summed E-state index contributed by atoms with van der Waals surface area (Å²) in [4.78, 5) is 22.6. The molecule has 0 radical (unpaired) electrons. The summed E-state index contributed by atoms with van der Waals surface area (Å²) in [6.07, 6.45) is 3.04. The molecule has 0 aromatic carbocycles. The number of nitrogens with one attached hydrogen (secondary N) is 1. The molecule has 82 valence electrons. The minimum Gasteiger partial charge on any atom is -0.481 e. The zero-order chi connectivity index (χ0) is 11.1. The minimum atomic E-state index is -0.861. The standard InChI is InChI=1S/C10H14N2O3/c1-12-8(13)6-7(11-12)10(9(14)15)4-2-3-5-10/h6,11H,2-5H2,1H3,(H,14,15). The van der Waals surface area contributed by atoms with E-state index >= 15 is 0 Å². The average molecular weight is 210 g/mol. The molecule has 0 bridgehead atoms. The highest BCUT2D eigenvalue weighted by atomic mass is 16.4. The molecular weight excluding hydrogens is 196 g/mol. The maximum Gasteiger partial charge on any atom is 0.315 e. The molecule has 1 fully saturated rings. The maximum absolute atomic E-state index is 11.3. The van der Waals surface area contributed by atoms with Crippen LogP contribution in [0.1, 0.15) is 31.4 Å². The van der Waals surface area contributed by atoms with Crippen LogP contribution in [0.5, 0.6) is 0 Å². The second-order valence-corrected chi connectivity index (χ2v) is 4.16. The normalized spacial score (nSPS) is 19.3. The molecule has 1 heterocycles. The third-order valence-corrected chi connectivity index (χ3v) is 3.27. The van der Waals surface area contributed by atoms with Crippen molar-refractivity contribution >= 4 is 5.97 Å². The molecular formula is C10H14N2O3. The van der Waals surface area contributed by atoms with E-state index in [1.807, 2.05) is 0 Å². The molecule has 0 spiro atoms. The number of aromatic amines is 1. The first-order valence-electron chi connectivity index (χ1n) is 5.06.